The highest BCUT2D eigenvalue weighted by Gasteiger charge is 2.24. The monoisotopic (exact) mass is 214 g/mol. The zero-order valence-electron chi connectivity index (χ0n) is 6.67. The predicted octanol–water partition coefficient (Wildman–Crippen LogP) is 2.08. The molecule has 1 saturated carbocycles. The summed E-state index contributed by atoms with van der Waals surface area (Å²) >= 11 is 0. The van der Waals surface area contributed by atoms with Crippen LogP contribution in [0.2, 0.25) is 0 Å². The van der Waals surface area contributed by atoms with Crippen LogP contribution in [0, 0.1) is 5.92 Å². The Hall–Kier alpha value is 0.170. The Morgan fingerprint density at radius 1 is 1.25 bits per heavy atom. The number of rotatable bonds is 2. The molecular weight excluding hydrogens is 203 g/mol. The number of hydrogen-bond donors (Lipinski definition) is 0. The van der Waals surface area contributed by atoms with Gasteiger partial charge in [0.2, 0.25) is 9.05 Å². The normalized spacial score (nSPS) is 31.8. The van der Waals surface area contributed by atoms with E-state index in [0.717, 1.165) is 0 Å². The lowest BCUT2D eigenvalue weighted by atomic mass is 9.90. The molecule has 1 fully saturated rings. The topological polar surface area (TPSA) is 34.1 Å². The first-order valence-electron chi connectivity index (χ1n) is 4.04. The highest BCUT2D eigenvalue weighted by Crippen LogP contribution is 2.27. The van der Waals surface area contributed by atoms with Gasteiger partial charge in [0.15, 0.2) is 0 Å². The van der Waals surface area contributed by atoms with E-state index in [9.17, 15) is 12.8 Å². The van der Waals surface area contributed by atoms with Crippen molar-refractivity contribution in [3.8, 4) is 0 Å². The van der Waals surface area contributed by atoms with Crippen LogP contribution in [-0.4, -0.2) is 20.3 Å². The van der Waals surface area contributed by atoms with E-state index in [0.29, 0.717) is 25.7 Å². The maximum Gasteiger partial charge on any atom is 0.232 e. The number of hydrogen-bond acceptors (Lipinski definition) is 2. The second-order valence-corrected chi connectivity index (χ2v) is 6.15. The highest BCUT2D eigenvalue weighted by atomic mass is 35.7. The van der Waals surface area contributed by atoms with Crippen LogP contribution in [0.15, 0.2) is 0 Å². The van der Waals surface area contributed by atoms with Gasteiger partial charge in [-0.25, -0.2) is 12.8 Å². The molecular formula is C7H12ClFO2S. The van der Waals surface area contributed by atoms with Gasteiger partial charge in [0, 0.05) is 10.7 Å². The van der Waals surface area contributed by atoms with Gasteiger partial charge in [-0.15, -0.1) is 0 Å². The van der Waals surface area contributed by atoms with Gasteiger partial charge in [0.05, 0.1) is 5.75 Å². The Morgan fingerprint density at radius 3 is 2.17 bits per heavy atom. The van der Waals surface area contributed by atoms with Crippen molar-refractivity contribution in [2.24, 2.45) is 5.92 Å². The lowest BCUT2D eigenvalue weighted by Gasteiger charge is -2.22. The largest absolute Gasteiger partial charge is 0.247 e. The number of halogens is 2. The van der Waals surface area contributed by atoms with Crippen LogP contribution in [0.5, 0.6) is 0 Å². The lowest BCUT2D eigenvalue weighted by molar-refractivity contribution is 0.216. The molecule has 2 nitrogen and oxygen atoms in total. The van der Waals surface area contributed by atoms with Gasteiger partial charge in [0.1, 0.15) is 6.17 Å². The van der Waals surface area contributed by atoms with Crippen molar-refractivity contribution in [1.82, 2.24) is 0 Å². The summed E-state index contributed by atoms with van der Waals surface area (Å²) in [4.78, 5) is 0. The third kappa shape index (κ3) is 3.72. The summed E-state index contributed by atoms with van der Waals surface area (Å²) in [5, 5.41) is 0. The minimum absolute atomic E-state index is 0.00127. The zero-order chi connectivity index (χ0) is 9.19. The zero-order valence-corrected chi connectivity index (χ0v) is 8.24. The second-order valence-electron chi connectivity index (χ2n) is 3.32. The average molecular weight is 215 g/mol. The molecule has 0 saturated heterocycles. The summed E-state index contributed by atoms with van der Waals surface area (Å²) < 4.78 is 33.9. The summed E-state index contributed by atoms with van der Waals surface area (Å²) in [6, 6.07) is 0. The summed E-state index contributed by atoms with van der Waals surface area (Å²) in [7, 11) is 1.69. The first kappa shape index (κ1) is 10.3. The van der Waals surface area contributed by atoms with Crippen LogP contribution in [0.25, 0.3) is 0 Å². The van der Waals surface area contributed by atoms with Crippen molar-refractivity contribution in [3.63, 3.8) is 0 Å². The molecule has 0 radical (unpaired) electrons. The molecule has 0 aromatic carbocycles. The Morgan fingerprint density at radius 2 is 1.75 bits per heavy atom. The molecule has 12 heavy (non-hydrogen) atoms. The lowest BCUT2D eigenvalue weighted by Crippen LogP contribution is -2.20. The molecule has 1 aliphatic rings. The fourth-order valence-corrected chi connectivity index (χ4v) is 3.00. The Labute approximate surface area is 76.5 Å². The predicted molar refractivity (Wildman–Crippen MR) is 46.5 cm³/mol. The molecule has 0 heterocycles. The van der Waals surface area contributed by atoms with Gasteiger partial charge >= 0.3 is 0 Å². The Bertz CT molecular complexity index is 232. The van der Waals surface area contributed by atoms with Crippen molar-refractivity contribution in [2.45, 2.75) is 31.9 Å². The van der Waals surface area contributed by atoms with Gasteiger partial charge in [0.25, 0.3) is 0 Å². The molecule has 0 amide bonds. The quantitative estimate of drug-likeness (QED) is 0.660. The maximum atomic E-state index is 12.6. The van der Waals surface area contributed by atoms with E-state index in [1.807, 2.05) is 0 Å². The molecule has 1 aliphatic carbocycles. The maximum absolute atomic E-state index is 12.6. The van der Waals surface area contributed by atoms with Crippen molar-refractivity contribution < 1.29 is 12.8 Å². The Kier molecular flexibility index (Phi) is 3.35. The van der Waals surface area contributed by atoms with E-state index in [-0.39, 0.29) is 11.7 Å². The minimum Gasteiger partial charge on any atom is -0.247 e. The smallest absolute Gasteiger partial charge is 0.232 e. The van der Waals surface area contributed by atoms with Gasteiger partial charge in [-0.2, -0.15) is 0 Å². The first-order valence-corrected chi connectivity index (χ1v) is 6.51. The van der Waals surface area contributed by atoms with Crippen LogP contribution in [0.4, 0.5) is 4.39 Å². The van der Waals surface area contributed by atoms with Crippen LogP contribution < -0.4 is 0 Å². The van der Waals surface area contributed by atoms with Crippen molar-refractivity contribution in [1.29, 1.82) is 0 Å². The average Bonchev–Trinajstić information content (AvgIpc) is 1.91. The molecule has 72 valence electrons. The highest BCUT2D eigenvalue weighted by molar-refractivity contribution is 8.13. The van der Waals surface area contributed by atoms with Crippen LogP contribution in [0.1, 0.15) is 25.7 Å². The van der Waals surface area contributed by atoms with E-state index >= 15 is 0 Å². The van der Waals surface area contributed by atoms with Crippen molar-refractivity contribution >= 4 is 19.7 Å². The van der Waals surface area contributed by atoms with E-state index in [1.165, 1.54) is 0 Å². The third-order valence-corrected chi connectivity index (χ3v) is 3.46. The van der Waals surface area contributed by atoms with E-state index in [4.69, 9.17) is 10.7 Å². The first-order chi connectivity index (χ1) is 5.47. The molecule has 0 N–H and O–H groups in total. The Balaban J connectivity index is 2.36. The van der Waals surface area contributed by atoms with Crippen LogP contribution in [-0.2, 0) is 9.05 Å². The van der Waals surface area contributed by atoms with Crippen molar-refractivity contribution in [2.75, 3.05) is 5.75 Å². The molecule has 0 aromatic heterocycles. The standard InChI is InChI=1S/C7H12ClFO2S/c8-12(10,11)5-6-1-3-7(9)4-2-6/h6-7H,1-5H2. The SMILES string of the molecule is O=S(=O)(Cl)CC1CCC(F)CC1. The summed E-state index contributed by atoms with van der Waals surface area (Å²) in [6.45, 7) is 0. The molecule has 0 spiro atoms. The van der Waals surface area contributed by atoms with Gasteiger partial charge in [-0.05, 0) is 31.6 Å². The second kappa shape index (κ2) is 3.92. The third-order valence-electron chi connectivity index (χ3n) is 2.21. The fourth-order valence-electron chi connectivity index (χ4n) is 1.57. The fraction of sp³-hybridized carbons (Fsp3) is 1.00. The minimum atomic E-state index is -3.39. The molecule has 5 heteroatoms. The molecule has 0 unspecified atom stereocenters. The molecule has 1 rings (SSSR count). The van der Waals surface area contributed by atoms with Crippen LogP contribution >= 0.6 is 10.7 Å². The summed E-state index contributed by atoms with van der Waals surface area (Å²) in [5.41, 5.74) is 0. The van der Waals surface area contributed by atoms with Crippen LogP contribution in [0.3, 0.4) is 0 Å². The van der Waals surface area contributed by atoms with E-state index in [1.54, 1.807) is 0 Å². The van der Waals surface area contributed by atoms with Gasteiger partial charge in [-0.3, -0.25) is 0 Å². The number of alkyl halides is 1. The summed E-state index contributed by atoms with van der Waals surface area (Å²) in [5.74, 6) is 0.0702. The molecule has 0 bridgehead atoms. The molecule has 0 aliphatic heterocycles. The van der Waals surface area contributed by atoms with Crippen molar-refractivity contribution in [3.05, 3.63) is 0 Å². The molecule has 0 atom stereocenters. The van der Waals surface area contributed by atoms with E-state index < -0.39 is 15.2 Å². The molecule has 0 aromatic rings. The summed E-state index contributed by atoms with van der Waals surface area (Å²) in [6.07, 6.45) is 1.52. The van der Waals surface area contributed by atoms with Gasteiger partial charge in [-0.1, -0.05) is 0 Å². The van der Waals surface area contributed by atoms with E-state index in [2.05, 4.69) is 0 Å². The van der Waals surface area contributed by atoms with Gasteiger partial charge < -0.3 is 0 Å².